The summed E-state index contributed by atoms with van der Waals surface area (Å²) in [4.78, 5) is 42.9. The highest BCUT2D eigenvalue weighted by molar-refractivity contribution is 6.05. The molecule has 2 aromatic carbocycles. The van der Waals surface area contributed by atoms with Crippen molar-refractivity contribution in [3.8, 4) is 11.5 Å². The van der Waals surface area contributed by atoms with Gasteiger partial charge in [0, 0.05) is 31.9 Å². The van der Waals surface area contributed by atoms with Crippen LogP contribution in [0.4, 0.5) is 14.9 Å². The highest BCUT2D eigenvalue weighted by Crippen LogP contribution is 2.33. The molecule has 1 atom stereocenters. The van der Waals surface area contributed by atoms with E-state index in [9.17, 15) is 18.8 Å². The van der Waals surface area contributed by atoms with Crippen LogP contribution in [0.1, 0.15) is 12.0 Å². The maximum Gasteiger partial charge on any atom is 0.325 e. The van der Waals surface area contributed by atoms with Crippen molar-refractivity contribution in [2.45, 2.75) is 19.0 Å². The molecule has 33 heavy (non-hydrogen) atoms. The van der Waals surface area contributed by atoms with E-state index in [4.69, 9.17) is 9.47 Å². The second kappa shape index (κ2) is 8.61. The Morgan fingerprint density at radius 2 is 1.73 bits per heavy atom. The van der Waals surface area contributed by atoms with Crippen LogP contribution in [0.25, 0.3) is 0 Å². The molecule has 2 fully saturated rings. The number of carbonyl (C=O) groups is 3. The van der Waals surface area contributed by atoms with Crippen LogP contribution in [0.3, 0.4) is 0 Å². The number of imide groups is 1. The maximum atomic E-state index is 13.1. The van der Waals surface area contributed by atoms with Crippen LogP contribution in [0.2, 0.25) is 0 Å². The SMILES string of the molecule is O=C(C[C@@H]1NC(=O)N(Cc2ccc3c(c2)OCO3)C1=O)N1CCN(c2ccc(F)cc2)CC1. The van der Waals surface area contributed by atoms with Gasteiger partial charge in [0.25, 0.3) is 5.91 Å². The molecule has 0 saturated carbocycles. The minimum atomic E-state index is -0.880. The number of benzene rings is 2. The molecule has 3 aliphatic heterocycles. The number of carbonyl (C=O) groups excluding carboxylic acids is 3. The first kappa shape index (κ1) is 21.0. The highest BCUT2D eigenvalue weighted by atomic mass is 19.1. The first-order valence-corrected chi connectivity index (χ1v) is 10.8. The number of urea groups is 1. The Morgan fingerprint density at radius 1 is 1.00 bits per heavy atom. The van der Waals surface area contributed by atoms with Crippen molar-refractivity contribution in [1.29, 1.82) is 0 Å². The van der Waals surface area contributed by atoms with Gasteiger partial charge in [-0.15, -0.1) is 0 Å². The van der Waals surface area contributed by atoms with Gasteiger partial charge >= 0.3 is 6.03 Å². The average molecular weight is 454 g/mol. The van der Waals surface area contributed by atoms with Crippen molar-refractivity contribution in [3.63, 3.8) is 0 Å². The number of rotatable bonds is 5. The third kappa shape index (κ3) is 4.28. The van der Waals surface area contributed by atoms with E-state index in [0.29, 0.717) is 37.7 Å². The third-order valence-electron chi connectivity index (χ3n) is 6.09. The second-order valence-electron chi connectivity index (χ2n) is 8.16. The topological polar surface area (TPSA) is 91.4 Å². The van der Waals surface area contributed by atoms with E-state index in [-0.39, 0.29) is 31.5 Å². The van der Waals surface area contributed by atoms with Gasteiger partial charge in [0.05, 0.1) is 13.0 Å². The molecule has 0 unspecified atom stereocenters. The van der Waals surface area contributed by atoms with E-state index in [1.54, 1.807) is 35.2 Å². The van der Waals surface area contributed by atoms with Crippen molar-refractivity contribution in [2.75, 3.05) is 37.9 Å². The summed E-state index contributed by atoms with van der Waals surface area (Å²) in [5, 5.41) is 2.62. The first-order chi connectivity index (χ1) is 16.0. The zero-order valence-corrected chi connectivity index (χ0v) is 17.8. The Balaban J connectivity index is 1.15. The summed E-state index contributed by atoms with van der Waals surface area (Å²) < 4.78 is 23.8. The third-order valence-corrected chi connectivity index (χ3v) is 6.09. The van der Waals surface area contributed by atoms with Gasteiger partial charge in [-0.25, -0.2) is 9.18 Å². The summed E-state index contributed by atoms with van der Waals surface area (Å²) >= 11 is 0. The van der Waals surface area contributed by atoms with E-state index in [0.717, 1.165) is 16.2 Å². The molecular weight excluding hydrogens is 431 g/mol. The van der Waals surface area contributed by atoms with E-state index in [1.165, 1.54) is 12.1 Å². The summed E-state index contributed by atoms with van der Waals surface area (Å²) in [6.07, 6.45) is -0.0846. The van der Waals surface area contributed by atoms with Crippen molar-refractivity contribution >= 4 is 23.5 Å². The fourth-order valence-corrected chi connectivity index (χ4v) is 4.26. The van der Waals surface area contributed by atoms with Gasteiger partial charge in [0.2, 0.25) is 12.7 Å². The molecule has 9 nitrogen and oxygen atoms in total. The minimum Gasteiger partial charge on any atom is -0.454 e. The predicted octanol–water partition coefficient (Wildman–Crippen LogP) is 1.71. The molecule has 5 rings (SSSR count). The number of hydrogen-bond acceptors (Lipinski definition) is 6. The second-order valence-corrected chi connectivity index (χ2v) is 8.16. The number of nitrogens with one attached hydrogen (secondary N) is 1. The van der Waals surface area contributed by atoms with Gasteiger partial charge in [0.15, 0.2) is 11.5 Å². The molecule has 0 radical (unpaired) electrons. The Bertz CT molecular complexity index is 1080. The summed E-state index contributed by atoms with van der Waals surface area (Å²) in [7, 11) is 0. The molecule has 4 amide bonds. The van der Waals surface area contributed by atoms with Gasteiger partial charge in [-0.3, -0.25) is 14.5 Å². The lowest BCUT2D eigenvalue weighted by Gasteiger charge is -2.36. The number of amides is 4. The molecule has 0 spiro atoms. The summed E-state index contributed by atoms with van der Waals surface area (Å²) in [6, 6.07) is 10.1. The monoisotopic (exact) mass is 454 g/mol. The number of hydrogen-bond donors (Lipinski definition) is 1. The summed E-state index contributed by atoms with van der Waals surface area (Å²) in [5.74, 6) is 0.307. The lowest BCUT2D eigenvalue weighted by molar-refractivity contribution is -0.136. The van der Waals surface area contributed by atoms with Gasteiger partial charge < -0.3 is 24.6 Å². The smallest absolute Gasteiger partial charge is 0.325 e. The molecule has 172 valence electrons. The fraction of sp³-hybridized carbons (Fsp3) is 0.348. The van der Waals surface area contributed by atoms with Crippen molar-refractivity contribution in [2.24, 2.45) is 0 Å². The van der Waals surface area contributed by atoms with Crippen LogP contribution in [-0.2, 0) is 16.1 Å². The normalized spacial score (nSPS) is 19.8. The molecule has 2 saturated heterocycles. The van der Waals surface area contributed by atoms with Gasteiger partial charge in [-0.2, -0.15) is 0 Å². The molecule has 0 bridgehead atoms. The summed E-state index contributed by atoms with van der Waals surface area (Å²) in [6.45, 7) is 2.43. The fourth-order valence-electron chi connectivity index (χ4n) is 4.26. The predicted molar refractivity (Wildman–Crippen MR) is 115 cm³/mol. The molecule has 0 aliphatic carbocycles. The number of anilines is 1. The van der Waals surface area contributed by atoms with Crippen LogP contribution in [0.5, 0.6) is 11.5 Å². The van der Waals surface area contributed by atoms with Crippen LogP contribution in [0, 0.1) is 5.82 Å². The highest BCUT2D eigenvalue weighted by Gasteiger charge is 2.40. The number of ether oxygens (including phenoxy) is 2. The first-order valence-electron chi connectivity index (χ1n) is 10.8. The number of nitrogens with zero attached hydrogens (tertiary/aromatic N) is 3. The Hall–Kier alpha value is -3.82. The number of halogens is 1. The lowest BCUT2D eigenvalue weighted by atomic mass is 10.1. The molecule has 10 heteroatoms. The van der Waals surface area contributed by atoms with Crippen molar-refractivity contribution in [1.82, 2.24) is 15.1 Å². The van der Waals surface area contributed by atoms with Crippen LogP contribution in [0.15, 0.2) is 42.5 Å². The zero-order valence-electron chi connectivity index (χ0n) is 17.8. The maximum absolute atomic E-state index is 13.1. The minimum absolute atomic E-state index is 0.0846. The number of piperazine rings is 1. The molecule has 3 aliphatic rings. The van der Waals surface area contributed by atoms with E-state index in [1.807, 2.05) is 0 Å². The van der Waals surface area contributed by atoms with Crippen LogP contribution < -0.4 is 19.7 Å². The van der Waals surface area contributed by atoms with Gasteiger partial charge in [-0.05, 0) is 42.0 Å². The largest absolute Gasteiger partial charge is 0.454 e. The number of fused-ring (bicyclic) bond motifs is 1. The lowest BCUT2D eigenvalue weighted by Crippen LogP contribution is -2.50. The quantitative estimate of drug-likeness (QED) is 0.692. The van der Waals surface area contributed by atoms with Gasteiger partial charge in [-0.1, -0.05) is 6.07 Å². The van der Waals surface area contributed by atoms with Crippen molar-refractivity contribution < 1.29 is 28.2 Å². The molecular formula is C23H23FN4O5. The standard InChI is InChI=1S/C23H23FN4O5/c24-16-2-4-17(5-3-16)26-7-9-27(10-8-26)21(29)12-18-22(30)28(23(31)25-18)13-15-1-6-19-20(11-15)33-14-32-19/h1-6,11,18H,7-10,12-14H2,(H,25,31)/t18-/m0/s1. The molecule has 2 aromatic rings. The molecule has 1 N–H and O–H groups in total. The average Bonchev–Trinajstić information content (AvgIpc) is 3.39. The molecule has 0 aromatic heterocycles. The van der Waals surface area contributed by atoms with Crippen LogP contribution in [-0.4, -0.2) is 66.7 Å². The van der Waals surface area contributed by atoms with Crippen LogP contribution >= 0.6 is 0 Å². The van der Waals surface area contributed by atoms with Gasteiger partial charge in [0.1, 0.15) is 11.9 Å². The Labute approximate surface area is 189 Å². The zero-order chi connectivity index (χ0) is 22.9. The summed E-state index contributed by atoms with van der Waals surface area (Å²) in [5.41, 5.74) is 1.63. The Kier molecular flexibility index (Phi) is 5.49. The van der Waals surface area contributed by atoms with E-state index >= 15 is 0 Å². The molecule has 3 heterocycles. The van der Waals surface area contributed by atoms with E-state index in [2.05, 4.69) is 10.2 Å². The van der Waals surface area contributed by atoms with E-state index < -0.39 is 18.0 Å². The van der Waals surface area contributed by atoms with Crippen molar-refractivity contribution in [3.05, 3.63) is 53.8 Å². The Morgan fingerprint density at radius 3 is 2.48 bits per heavy atom.